The van der Waals surface area contributed by atoms with E-state index in [-0.39, 0.29) is 11.8 Å². The van der Waals surface area contributed by atoms with Crippen molar-refractivity contribution in [3.8, 4) is 0 Å². The molecule has 0 aliphatic heterocycles. The summed E-state index contributed by atoms with van der Waals surface area (Å²) in [6, 6.07) is 4.47. The van der Waals surface area contributed by atoms with Crippen LogP contribution in [0.2, 0.25) is 5.02 Å². The number of hydrogen-bond donors (Lipinski definition) is 3. The summed E-state index contributed by atoms with van der Waals surface area (Å²) in [5.41, 5.74) is 11.3. The van der Waals surface area contributed by atoms with Gasteiger partial charge in [-0.1, -0.05) is 18.5 Å². The van der Waals surface area contributed by atoms with E-state index in [2.05, 4.69) is 5.32 Å². The monoisotopic (exact) mass is 269 g/mol. The van der Waals surface area contributed by atoms with Gasteiger partial charge in [-0.2, -0.15) is 0 Å². The molecule has 0 spiro atoms. The highest BCUT2D eigenvalue weighted by molar-refractivity contribution is 6.33. The Morgan fingerprint density at radius 1 is 1.44 bits per heavy atom. The summed E-state index contributed by atoms with van der Waals surface area (Å²) in [5, 5.41) is 2.99. The molecule has 1 rings (SSSR count). The van der Waals surface area contributed by atoms with E-state index < -0.39 is 5.91 Å². The number of rotatable bonds is 5. The van der Waals surface area contributed by atoms with Crippen molar-refractivity contribution in [1.82, 2.24) is 0 Å². The van der Waals surface area contributed by atoms with Gasteiger partial charge in [-0.05, 0) is 30.7 Å². The summed E-state index contributed by atoms with van der Waals surface area (Å²) in [6.07, 6.45) is 0.299. The zero-order valence-electron chi connectivity index (χ0n) is 10.1. The van der Waals surface area contributed by atoms with E-state index in [0.717, 1.165) is 0 Å². The number of carbonyl (C=O) groups excluding carboxylic acids is 2. The van der Waals surface area contributed by atoms with Gasteiger partial charge in [-0.3, -0.25) is 9.59 Å². The Kier molecular flexibility index (Phi) is 5.12. The van der Waals surface area contributed by atoms with Crippen LogP contribution in [0.4, 0.5) is 5.69 Å². The molecule has 2 amide bonds. The van der Waals surface area contributed by atoms with Gasteiger partial charge in [0.2, 0.25) is 11.8 Å². The normalized spacial score (nSPS) is 11.9. The van der Waals surface area contributed by atoms with Crippen LogP contribution >= 0.6 is 11.6 Å². The zero-order valence-corrected chi connectivity index (χ0v) is 10.8. The van der Waals surface area contributed by atoms with Gasteiger partial charge in [0, 0.05) is 12.0 Å². The zero-order chi connectivity index (χ0) is 13.7. The summed E-state index contributed by atoms with van der Waals surface area (Å²) in [6.45, 7) is 2.31. The molecular formula is C12H16ClN3O2. The predicted molar refractivity (Wildman–Crippen MR) is 71.4 cm³/mol. The second-order valence-electron chi connectivity index (χ2n) is 4.15. The van der Waals surface area contributed by atoms with Crippen molar-refractivity contribution in [1.29, 1.82) is 0 Å². The standard InChI is InChI=1S/C12H16ClN3O2/c1-7(6-14)4-11(17)16-10-5-8(12(15)18)2-3-9(10)13/h2-3,5,7H,4,6,14H2,1H3,(H2,15,18)(H,16,17). The lowest BCUT2D eigenvalue weighted by molar-refractivity contribution is -0.116. The van der Waals surface area contributed by atoms with E-state index in [9.17, 15) is 9.59 Å². The Bertz CT molecular complexity index is 463. The van der Waals surface area contributed by atoms with E-state index in [1.165, 1.54) is 18.2 Å². The maximum Gasteiger partial charge on any atom is 0.248 e. The SMILES string of the molecule is CC(CN)CC(=O)Nc1cc(C(N)=O)ccc1Cl. The molecule has 6 heteroatoms. The summed E-state index contributed by atoms with van der Waals surface area (Å²) in [7, 11) is 0. The lowest BCUT2D eigenvalue weighted by Crippen LogP contribution is -2.20. The Morgan fingerprint density at radius 3 is 2.67 bits per heavy atom. The molecule has 0 aromatic heterocycles. The maximum absolute atomic E-state index is 11.7. The predicted octanol–water partition coefficient (Wildman–Crippen LogP) is 1.36. The van der Waals surface area contributed by atoms with Crippen LogP contribution in [0, 0.1) is 5.92 Å². The molecule has 1 aromatic rings. The van der Waals surface area contributed by atoms with Crippen molar-refractivity contribution < 1.29 is 9.59 Å². The Labute approximate surface area is 110 Å². The summed E-state index contributed by atoms with van der Waals surface area (Å²) >= 11 is 5.92. The number of hydrogen-bond acceptors (Lipinski definition) is 3. The molecule has 1 unspecified atom stereocenters. The number of carbonyl (C=O) groups is 2. The van der Waals surface area contributed by atoms with Crippen molar-refractivity contribution >= 4 is 29.1 Å². The van der Waals surface area contributed by atoms with Gasteiger partial charge < -0.3 is 16.8 Å². The molecular weight excluding hydrogens is 254 g/mol. The van der Waals surface area contributed by atoms with Crippen LogP contribution in [-0.2, 0) is 4.79 Å². The van der Waals surface area contributed by atoms with E-state index in [1.807, 2.05) is 6.92 Å². The molecule has 18 heavy (non-hydrogen) atoms. The first kappa shape index (κ1) is 14.5. The lowest BCUT2D eigenvalue weighted by Gasteiger charge is -2.11. The second-order valence-corrected chi connectivity index (χ2v) is 4.56. The fourth-order valence-corrected chi connectivity index (χ4v) is 1.54. The van der Waals surface area contributed by atoms with Gasteiger partial charge in [0.05, 0.1) is 10.7 Å². The van der Waals surface area contributed by atoms with Crippen molar-refractivity contribution in [2.24, 2.45) is 17.4 Å². The average Bonchev–Trinajstić information content (AvgIpc) is 2.31. The van der Waals surface area contributed by atoms with E-state index in [1.54, 1.807) is 0 Å². The molecule has 1 aromatic carbocycles. The van der Waals surface area contributed by atoms with Crippen LogP contribution in [0.5, 0.6) is 0 Å². The molecule has 98 valence electrons. The van der Waals surface area contributed by atoms with Gasteiger partial charge in [-0.15, -0.1) is 0 Å². The summed E-state index contributed by atoms with van der Waals surface area (Å²) in [4.78, 5) is 22.7. The molecule has 0 radical (unpaired) electrons. The molecule has 5 N–H and O–H groups in total. The number of benzene rings is 1. The van der Waals surface area contributed by atoms with Gasteiger partial charge in [0.15, 0.2) is 0 Å². The highest BCUT2D eigenvalue weighted by atomic mass is 35.5. The third-order valence-corrected chi connectivity index (χ3v) is 2.79. The smallest absolute Gasteiger partial charge is 0.248 e. The molecule has 0 saturated heterocycles. The van der Waals surface area contributed by atoms with E-state index in [4.69, 9.17) is 23.1 Å². The summed E-state index contributed by atoms with van der Waals surface area (Å²) in [5.74, 6) is -0.683. The fourth-order valence-electron chi connectivity index (χ4n) is 1.38. The van der Waals surface area contributed by atoms with Crippen LogP contribution < -0.4 is 16.8 Å². The largest absolute Gasteiger partial charge is 0.366 e. The van der Waals surface area contributed by atoms with Crippen LogP contribution in [-0.4, -0.2) is 18.4 Å². The van der Waals surface area contributed by atoms with Crippen LogP contribution in [0.25, 0.3) is 0 Å². The van der Waals surface area contributed by atoms with Crippen molar-refractivity contribution in [2.75, 3.05) is 11.9 Å². The fraction of sp³-hybridized carbons (Fsp3) is 0.333. The quantitative estimate of drug-likeness (QED) is 0.753. The van der Waals surface area contributed by atoms with Crippen molar-refractivity contribution in [3.63, 3.8) is 0 Å². The first-order chi connectivity index (χ1) is 8.43. The molecule has 0 saturated carbocycles. The average molecular weight is 270 g/mol. The highest BCUT2D eigenvalue weighted by Crippen LogP contribution is 2.23. The number of primary amides is 1. The Balaban J connectivity index is 2.80. The number of amides is 2. The third kappa shape index (κ3) is 4.01. The Hall–Kier alpha value is -1.59. The third-order valence-electron chi connectivity index (χ3n) is 2.46. The number of halogens is 1. The second kappa shape index (κ2) is 6.37. The first-order valence-electron chi connectivity index (χ1n) is 5.53. The molecule has 0 fully saturated rings. The van der Waals surface area contributed by atoms with Gasteiger partial charge in [-0.25, -0.2) is 0 Å². The maximum atomic E-state index is 11.7. The number of anilines is 1. The molecule has 0 aliphatic carbocycles. The molecule has 1 atom stereocenters. The van der Waals surface area contributed by atoms with Crippen molar-refractivity contribution in [3.05, 3.63) is 28.8 Å². The lowest BCUT2D eigenvalue weighted by atomic mass is 10.1. The van der Waals surface area contributed by atoms with Crippen molar-refractivity contribution in [2.45, 2.75) is 13.3 Å². The molecule has 5 nitrogen and oxygen atoms in total. The first-order valence-corrected chi connectivity index (χ1v) is 5.91. The van der Waals surface area contributed by atoms with Gasteiger partial charge >= 0.3 is 0 Å². The van der Waals surface area contributed by atoms with Crippen LogP contribution in [0.15, 0.2) is 18.2 Å². The minimum absolute atomic E-state index is 0.0862. The minimum Gasteiger partial charge on any atom is -0.366 e. The van der Waals surface area contributed by atoms with Crippen LogP contribution in [0.3, 0.4) is 0 Å². The van der Waals surface area contributed by atoms with E-state index >= 15 is 0 Å². The Morgan fingerprint density at radius 2 is 2.11 bits per heavy atom. The minimum atomic E-state index is -0.572. The van der Waals surface area contributed by atoms with Gasteiger partial charge in [0.1, 0.15) is 0 Å². The highest BCUT2D eigenvalue weighted by Gasteiger charge is 2.11. The molecule has 0 aliphatic rings. The topological polar surface area (TPSA) is 98.2 Å². The number of nitrogens with one attached hydrogen (secondary N) is 1. The number of nitrogens with two attached hydrogens (primary N) is 2. The summed E-state index contributed by atoms with van der Waals surface area (Å²) < 4.78 is 0. The molecule has 0 bridgehead atoms. The van der Waals surface area contributed by atoms with Gasteiger partial charge in [0.25, 0.3) is 0 Å². The molecule has 0 heterocycles. The van der Waals surface area contributed by atoms with Crippen LogP contribution in [0.1, 0.15) is 23.7 Å². The van der Waals surface area contributed by atoms with E-state index in [0.29, 0.717) is 29.2 Å².